The summed E-state index contributed by atoms with van der Waals surface area (Å²) in [6.45, 7) is 0.381. The van der Waals surface area contributed by atoms with Crippen LogP contribution in [0.15, 0.2) is 42.7 Å². The molecule has 130 valence electrons. The van der Waals surface area contributed by atoms with Crippen LogP contribution < -0.4 is 10.6 Å². The molecule has 0 atom stereocenters. The molecule has 2 aromatic rings. The Morgan fingerprint density at radius 3 is 2.84 bits per heavy atom. The third-order valence-corrected chi connectivity index (χ3v) is 3.48. The van der Waals surface area contributed by atoms with E-state index in [-0.39, 0.29) is 34.9 Å². The first-order valence-electron chi connectivity index (χ1n) is 7.03. The number of hydrogen-bond acceptors (Lipinski definition) is 6. The quantitative estimate of drug-likeness (QED) is 0.343. The fourth-order valence-electron chi connectivity index (χ4n) is 1.77. The highest BCUT2D eigenvalue weighted by atomic mass is 35.5. The van der Waals surface area contributed by atoms with Crippen molar-refractivity contribution in [2.45, 2.75) is 0 Å². The molecule has 0 bridgehead atoms. The van der Waals surface area contributed by atoms with Gasteiger partial charge in [0, 0.05) is 24.5 Å². The molecule has 10 heteroatoms. The normalized spacial score (nSPS) is 9.96. The van der Waals surface area contributed by atoms with E-state index in [4.69, 9.17) is 28.6 Å². The summed E-state index contributed by atoms with van der Waals surface area (Å²) in [6, 6.07) is 7.25. The van der Waals surface area contributed by atoms with Gasteiger partial charge in [-0.25, -0.2) is 0 Å². The summed E-state index contributed by atoms with van der Waals surface area (Å²) in [6.07, 6.45) is 3.03. The number of rotatable bonds is 6. The number of aromatic nitrogens is 1. The second-order valence-electron chi connectivity index (χ2n) is 4.68. The van der Waals surface area contributed by atoms with Gasteiger partial charge in [0.05, 0.1) is 27.7 Å². The van der Waals surface area contributed by atoms with E-state index in [1.807, 2.05) is 0 Å². The SMILES string of the molecule is O=C(NCCOC(=S)Nc1ccc([N+](=O)[O-])cc1Cl)c1cccnc1. The summed E-state index contributed by atoms with van der Waals surface area (Å²) in [4.78, 5) is 25.8. The number of pyridine rings is 1. The lowest BCUT2D eigenvalue weighted by Crippen LogP contribution is -2.28. The fraction of sp³-hybridized carbons (Fsp3) is 0.133. The number of carbonyl (C=O) groups excluding carboxylic acids is 1. The summed E-state index contributed by atoms with van der Waals surface area (Å²) in [7, 11) is 0. The molecule has 1 heterocycles. The van der Waals surface area contributed by atoms with Crippen LogP contribution in [0.5, 0.6) is 0 Å². The number of thiocarbonyl (C=S) groups is 1. The molecule has 0 fully saturated rings. The van der Waals surface area contributed by atoms with Crippen LogP contribution in [0, 0.1) is 10.1 Å². The summed E-state index contributed by atoms with van der Waals surface area (Å²) >= 11 is 10.9. The molecule has 8 nitrogen and oxygen atoms in total. The van der Waals surface area contributed by atoms with Gasteiger partial charge in [-0.3, -0.25) is 19.9 Å². The second kappa shape index (κ2) is 8.90. The number of benzene rings is 1. The molecule has 0 aliphatic rings. The second-order valence-corrected chi connectivity index (χ2v) is 5.46. The molecular formula is C15H13ClN4O4S. The monoisotopic (exact) mass is 380 g/mol. The first-order chi connectivity index (χ1) is 12.0. The smallest absolute Gasteiger partial charge is 0.271 e. The van der Waals surface area contributed by atoms with Gasteiger partial charge in [-0.05, 0) is 30.4 Å². The molecule has 2 rings (SSSR count). The molecule has 0 aliphatic carbocycles. The van der Waals surface area contributed by atoms with Gasteiger partial charge in [0.1, 0.15) is 6.61 Å². The van der Waals surface area contributed by atoms with Gasteiger partial charge in [-0.2, -0.15) is 0 Å². The maximum Gasteiger partial charge on any atom is 0.271 e. The molecule has 0 unspecified atom stereocenters. The Morgan fingerprint density at radius 2 is 2.20 bits per heavy atom. The Balaban J connectivity index is 1.76. The van der Waals surface area contributed by atoms with Crippen LogP contribution in [0.25, 0.3) is 0 Å². The number of non-ortho nitro benzene ring substituents is 1. The lowest BCUT2D eigenvalue weighted by molar-refractivity contribution is -0.384. The minimum atomic E-state index is -0.546. The molecular weight excluding hydrogens is 368 g/mol. The van der Waals surface area contributed by atoms with E-state index in [0.29, 0.717) is 11.3 Å². The molecule has 0 spiro atoms. The van der Waals surface area contributed by atoms with Crippen LogP contribution in [-0.2, 0) is 4.74 Å². The fourth-order valence-corrected chi connectivity index (χ4v) is 2.19. The van der Waals surface area contributed by atoms with Crippen LogP contribution in [-0.4, -0.2) is 34.1 Å². The van der Waals surface area contributed by atoms with E-state index in [2.05, 4.69) is 15.6 Å². The zero-order chi connectivity index (χ0) is 18.2. The minimum absolute atomic E-state index is 0.0337. The Labute approximate surface area is 153 Å². The van der Waals surface area contributed by atoms with Crippen molar-refractivity contribution in [2.24, 2.45) is 0 Å². The van der Waals surface area contributed by atoms with Gasteiger partial charge in [0.2, 0.25) is 0 Å². The Kier molecular flexibility index (Phi) is 6.61. The lowest BCUT2D eigenvalue weighted by atomic mass is 10.3. The largest absolute Gasteiger partial charge is 0.469 e. The van der Waals surface area contributed by atoms with Crippen molar-refractivity contribution in [2.75, 3.05) is 18.5 Å². The van der Waals surface area contributed by atoms with Gasteiger partial charge in [-0.15, -0.1) is 0 Å². The van der Waals surface area contributed by atoms with E-state index in [1.54, 1.807) is 18.3 Å². The van der Waals surface area contributed by atoms with Crippen LogP contribution >= 0.6 is 23.8 Å². The maximum atomic E-state index is 11.8. The average Bonchev–Trinajstić information content (AvgIpc) is 2.61. The predicted molar refractivity (Wildman–Crippen MR) is 96.8 cm³/mol. The van der Waals surface area contributed by atoms with Gasteiger partial charge in [0.15, 0.2) is 0 Å². The van der Waals surface area contributed by atoms with Crippen LogP contribution in [0.3, 0.4) is 0 Å². The van der Waals surface area contributed by atoms with E-state index >= 15 is 0 Å². The van der Waals surface area contributed by atoms with Crippen molar-refractivity contribution in [1.29, 1.82) is 0 Å². The molecule has 0 aliphatic heterocycles. The number of nitrogens with zero attached hydrogens (tertiary/aromatic N) is 2. The van der Waals surface area contributed by atoms with Crippen molar-refractivity contribution in [3.63, 3.8) is 0 Å². The molecule has 0 radical (unpaired) electrons. The zero-order valence-corrected chi connectivity index (χ0v) is 14.3. The van der Waals surface area contributed by atoms with Crippen LogP contribution in [0.1, 0.15) is 10.4 Å². The summed E-state index contributed by atoms with van der Waals surface area (Å²) in [5.74, 6) is -0.269. The van der Waals surface area contributed by atoms with E-state index < -0.39 is 4.92 Å². The number of hydrogen-bond donors (Lipinski definition) is 2. The highest BCUT2D eigenvalue weighted by molar-refractivity contribution is 7.80. The summed E-state index contributed by atoms with van der Waals surface area (Å²) in [5.41, 5.74) is 0.707. The zero-order valence-electron chi connectivity index (χ0n) is 12.8. The highest BCUT2D eigenvalue weighted by Gasteiger charge is 2.11. The van der Waals surface area contributed by atoms with Gasteiger partial charge in [0.25, 0.3) is 16.8 Å². The number of anilines is 1. The molecule has 1 aromatic carbocycles. The van der Waals surface area contributed by atoms with Gasteiger partial charge >= 0.3 is 0 Å². The highest BCUT2D eigenvalue weighted by Crippen LogP contribution is 2.26. The molecule has 2 N–H and O–H groups in total. The standard InChI is InChI=1S/C15H13ClN4O4S/c16-12-8-11(20(22)23)3-4-13(12)19-15(25)24-7-6-18-14(21)10-2-1-5-17-9-10/h1-5,8-9H,6-7H2,(H,18,21)(H,19,25). The Morgan fingerprint density at radius 1 is 1.40 bits per heavy atom. The third kappa shape index (κ3) is 5.66. The molecule has 0 saturated carbocycles. The van der Waals surface area contributed by atoms with Crippen molar-refractivity contribution in [1.82, 2.24) is 10.3 Å². The maximum absolute atomic E-state index is 11.8. The average molecular weight is 381 g/mol. The van der Waals surface area contributed by atoms with Crippen molar-refractivity contribution < 1.29 is 14.5 Å². The first kappa shape index (κ1) is 18.6. The number of nitrogens with one attached hydrogen (secondary N) is 2. The number of halogens is 1. The van der Waals surface area contributed by atoms with E-state index in [0.717, 1.165) is 0 Å². The molecule has 1 amide bonds. The van der Waals surface area contributed by atoms with Crippen LogP contribution in [0.4, 0.5) is 11.4 Å². The van der Waals surface area contributed by atoms with Gasteiger partial charge < -0.3 is 15.4 Å². The summed E-state index contributed by atoms with van der Waals surface area (Å²) < 4.78 is 5.26. The van der Waals surface area contributed by atoms with Gasteiger partial charge in [-0.1, -0.05) is 11.6 Å². The van der Waals surface area contributed by atoms with E-state index in [9.17, 15) is 14.9 Å². The molecule has 1 aromatic heterocycles. The number of carbonyl (C=O) groups is 1. The minimum Gasteiger partial charge on any atom is -0.469 e. The number of ether oxygens (including phenoxy) is 1. The van der Waals surface area contributed by atoms with Crippen molar-refractivity contribution in [3.05, 3.63) is 63.4 Å². The molecule has 0 saturated heterocycles. The molecule has 25 heavy (non-hydrogen) atoms. The van der Waals surface area contributed by atoms with Crippen molar-refractivity contribution in [3.8, 4) is 0 Å². The van der Waals surface area contributed by atoms with E-state index in [1.165, 1.54) is 24.4 Å². The third-order valence-electron chi connectivity index (χ3n) is 2.94. The van der Waals surface area contributed by atoms with Crippen LogP contribution in [0.2, 0.25) is 5.02 Å². The predicted octanol–water partition coefficient (Wildman–Crippen LogP) is 2.79. The topological polar surface area (TPSA) is 106 Å². The Bertz CT molecular complexity index is 788. The number of nitro groups is 1. The lowest BCUT2D eigenvalue weighted by Gasteiger charge is -2.11. The number of amides is 1. The number of nitro benzene ring substituents is 1. The summed E-state index contributed by atoms with van der Waals surface area (Å²) in [5, 5.41) is 16.2. The Hall–Kier alpha value is -2.78. The van der Waals surface area contributed by atoms with Crippen molar-refractivity contribution >= 4 is 46.3 Å². The first-order valence-corrected chi connectivity index (χ1v) is 7.82.